The summed E-state index contributed by atoms with van der Waals surface area (Å²) in [5.74, 6) is -1.67. The van der Waals surface area contributed by atoms with Gasteiger partial charge in [-0.05, 0) is 73.2 Å². The van der Waals surface area contributed by atoms with Gasteiger partial charge in [-0.25, -0.2) is 9.59 Å². The maximum atomic E-state index is 12.2. The first-order valence-electron chi connectivity index (χ1n) is 7.92. The Balaban J connectivity index is 1.99. The lowest BCUT2D eigenvalue weighted by Gasteiger charge is -2.07. The molecule has 0 saturated heterocycles. The Labute approximate surface area is 164 Å². The zero-order valence-electron chi connectivity index (χ0n) is 14.6. The molecule has 1 amide bonds. The minimum absolute atomic E-state index is 0.132. The molecule has 1 aromatic heterocycles. The number of hydrogen-bond donors (Lipinski definition) is 2. The lowest BCUT2D eigenvalue weighted by molar-refractivity contribution is -0.119. The molecule has 26 heavy (non-hydrogen) atoms. The molecule has 1 heterocycles. The van der Waals surface area contributed by atoms with E-state index in [0.29, 0.717) is 22.5 Å². The number of halogens is 1. The van der Waals surface area contributed by atoms with E-state index in [1.165, 1.54) is 0 Å². The second-order valence-corrected chi connectivity index (χ2v) is 6.72. The number of benzene rings is 1. The topological polar surface area (TPSA) is 97.5 Å². The number of hydrogen-bond acceptors (Lipinski definition) is 5. The van der Waals surface area contributed by atoms with E-state index in [-0.39, 0.29) is 12.3 Å². The molecule has 0 aliphatic heterocycles. The zero-order valence-corrected chi connectivity index (χ0v) is 16.8. The Bertz CT molecular complexity index is 827. The number of amides is 1. The monoisotopic (exact) mass is 470 g/mol. The molecule has 0 aliphatic rings. The molecule has 2 N–H and O–H groups in total. The normalized spacial score (nSPS) is 10.3. The van der Waals surface area contributed by atoms with E-state index in [1.807, 2.05) is 12.1 Å². The second-order valence-electron chi connectivity index (χ2n) is 5.48. The van der Waals surface area contributed by atoms with Crippen molar-refractivity contribution in [1.29, 1.82) is 0 Å². The van der Waals surface area contributed by atoms with Gasteiger partial charge in [0, 0.05) is 15.0 Å². The molecule has 0 saturated carbocycles. The fourth-order valence-corrected chi connectivity index (χ4v) is 2.76. The largest absolute Gasteiger partial charge is 0.462 e. The van der Waals surface area contributed by atoms with E-state index in [9.17, 15) is 14.4 Å². The first kappa shape index (κ1) is 20.0. The van der Waals surface area contributed by atoms with Gasteiger partial charge in [0.2, 0.25) is 0 Å². The minimum atomic E-state index is -0.709. The smallest absolute Gasteiger partial charge is 0.355 e. The van der Waals surface area contributed by atoms with E-state index in [0.717, 1.165) is 3.57 Å². The van der Waals surface area contributed by atoms with Crippen molar-refractivity contribution in [2.45, 2.75) is 20.8 Å². The van der Waals surface area contributed by atoms with Crippen molar-refractivity contribution in [2.24, 2.45) is 0 Å². The summed E-state index contributed by atoms with van der Waals surface area (Å²) in [4.78, 5) is 38.9. The van der Waals surface area contributed by atoms with Crippen LogP contribution >= 0.6 is 22.6 Å². The van der Waals surface area contributed by atoms with Gasteiger partial charge in [0.05, 0.1) is 12.2 Å². The van der Waals surface area contributed by atoms with Gasteiger partial charge in [-0.2, -0.15) is 0 Å². The van der Waals surface area contributed by atoms with Crippen LogP contribution in [0.3, 0.4) is 0 Å². The predicted octanol–water partition coefficient (Wildman–Crippen LogP) is 3.21. The van der Waals surface area contributed by atoms with Crippen LogP contribution in [0, 0.1) is 17.4 Å². The molecule has 2 rings (SSSR count). The van der Waals surface area contributed by atoms with Crippen LogP contribution in [0.4, 0.5) is 5.69 Å². The van der Waals surface area contributed by atoms with Crippen LogP contribution in [0.5, 0.6) is 0 Å². The number of rotatable bonds is 6. The third kappa shape index (κ3) is 4.84. The highest BCUT2D eigenvalue weighted by Gasteiger charge is 2.24. The van der Waals surface area contributed by atoms with Gasteiger partial charge < -0.3 is 19.8 Å². The number of H-pyrrole nitrogens is 1. The lowest BCUT2D eigenvalue weighted by atomic mass is 10.1. The summed E-state index contributed by atoms with van der Waals surface area (Å²) in [5, 5.41) is 2.64. The van der Waals surface area contributed by atoms with E-state index in [2.05, 4.69) is 32.9 Å². The summed E-state index contributed by atoms with van der Waals surface area (Å²) in [7, 11) is 0. The average molecular weight is 470 g/mol. The highest BCUT2D eigenvalue weighted by atomic mass is 127. The van der Waals surface area contributed by atoms with Crippen LogP contribution in [0.15, 0.2) is 24.3 Å². The van der Waals surface area contributed by atoms with Crippen LogP contribution in [0.25, 0.3) is 0 Å². The molecule has 1 aromatic carbocycles. The lowest BCUT2D eigenvalue weighted by Crippen LogP contribution is -2.21. The molecule has 0 radical (unpaired) electrons. The summed E-state index contributed by atoms with van der Waals surface area (Å²) < 4.78 is 11.1. The van der Waals surface area contributed by atoms with E-state index in [4.69, 9.17) is 9.47 Å². The summed E-state index contributed by atoms with van der Waals surface area (Å²) in [6, 6.07) is 7.21. The molecule has 8 heteroatoms. The number of anilines is 1. The number of carbonyl (C=O) groups is 3. The number of esters is 2. The minimum Gasteiger partial charge on any atom is -0.462 e. The SMILES string of the molecule is CCOC(=O)c1c(C)[nH]c(C(=O)OCC(=O)Nc2ccc(I)cc2)c1C. The van der Waals surface area contributed by atoms with Crippen molar-refractivity contribution in [2.75, 3.05) is 18.5 Å². The molecule has 138 valence electrons. The van der Waals surface area contributed by atoms with Crippen LogP contribution in [0.1, 0.15) is 39.0 Å². The van der Waals surface area contributed by atoms with Crippen molar-refractivity contribution in [3.63, 3.8) is 0 Å². The maximum absolute atomic E-state index is 12.2. The van der Waals surface area contributed by atoms with Gasteiger partial charge in [-0.3, -0.25) is 4.79 Å². The third-order valence-electron chi connectivity index (χ3n) is 3.58. The van der Waals surface area contributed by atoms with E-state index >= 15 is 0 Å². The van der Waals surface area contributed by atoms with Crippen molar-refractivity contribution >= 4 is 46.1 Å². The van der Waals surface area contributed by atoms with Gasteiger partial charge in [-0.15, -0.1) is 0 Å². The quantitative estimate of drug-likeness (QED) is 0.500. The Morgan fingerprint density at radius 3 is 2.35 bits per heavy atom. The number of ether oxygens (including phenoxy) is 2. The van der Waals surface area contributed by atoms with Crippen molar-refractivity contribution in [3.05, 3.63) is 50.4 Å². The summed E-state index contributed by atoms with van der Waals surface area (Å²) in [6.07, 6.45) is 0. The molecule has 0 bridgehead atoms. The third-order valence-corrected chi connectivity index (χ3v) is 4.30. The summed E-state index contributed by atoms with van der Waals surface area (Å²) in [5.41, 5.74) is 2.00. The predicted molar refractivity (Wildman–Crippen MR) is 104 cm³/mol. The Kier molecular flexibility index (Phi) is 6.78. The molecule has 0 atom stereocenters. The van der Waals surface area contributed by atoms with Crippen LogP contribution < -0.4 is 5.32 Å². The first-order chi connectivity index (χ1) is 12.3. The van der Waals surface area contributed by atoms with Crippen LogP contribution in [0.2, 0.25) is 0 Å². The second kappa shape index (κ2) is 8.84. The number of aryl methyl sites for hydroxylation is 1. The van der Waals surface area contributed by atoms with Crippen molar-refractivity contribution < 1.29 is 23.9 Å². The van der Waals surface area contributed by atoms with Gasteiger partial charge in [0.15, 0.2) is 6.61 Å². The Hall–Kier alpha value is -2.36. The number of aromatic nitrogens is 1. The van der Waals surface area contributed by atoms with E-state index in [1.54, 1.807) is 32.9 Å². The number of carbonyl (C=O) groups excluding carboxylic acids is 3. The molecular weight excluding hydrogens is 451 g/mol. The van der Waals surface area contributed by atoms with E-state index < -0.39 is 24.5 Å². The van der Waals surface area contributed by atoms with Crippen LogP contribution in [-0.4, -0.2) is 36.0 Å². The summed E-state index contributed by atoms with van der Waals surface area (Å²) >= 11 is 2.16. The van der Waals surface area contributed by atoms with Gasteiger partial charge in [-0.1, -0.05) is 0 Å². The van der Waals surface area contributed by atoms with Gasteiger partial charge >= 0.3 is 11.9 Å². The molecule has 7 nitrogen and oxygen atoms in total. The molecular formula is C18H19IN2O5. The average Bonchev–Trinajstić information content (AvgIpc) is 2.89. The fraction of sp³-hybridized carbons (Fsp3) is 0.278. The zero-order chi connectivity index (χ0) is 19.3. The van der Waals surface area contributed by atoms with Gasteiger partial charge in [0.25, 0.3) is 5.91 Å². The Morgan fingerprint density at radius 2 is 1.73 bits per heavy atom. The number of aromatic amines is 1. The molecule has 0 unspecified atom stereocenters. The van der Waals surface area contributed by atoms with Gasteiger partial charge in [0.1, 0.15) is 5.69 Å². The highest BCUT2D eigenvalue weighted by Crippen LogP contribution is 2.20. The summed E-state index contributed by atoms with van der Waals surface area (Å²) in [6.45, 7) is 4.80. The standard InChI is InChI=1S/C18H19IN2O5/c1-4-25-17(23)15-10(2)16(20-11(15)3)18(24)26-9-14(22)21-13-7-5-12(19)6-8-13/h5-8,20H,4,9H2,1-3H3,(H,21,22). The maximum Gasteiger partial charge on any atom is 0.355 e. The fourth-order valence-electron chi connectivity index (χ4n) is 2.40. The Morgan fingerprint density at radius 1 is 1.08 bits per heavy atom. The molecule has 0 spiro atoms. The first-order valence-corrected chi connectivity index (χ1v) is 9.00. The van der Waals surface area contributed by atoms with Crippen LogP contribution in [-0.2, 0) is 14.3 Å². The number of nitrogens with one attached hydrogen (secondary N) is 2. The highest BCUT2D eigenvalue weighted by molar-refractivity contribution is 14.1. The molecule has 0 fully saturated rings. The van der Waals surface area contributed by atoms with Crippen molar-refractivity contribution in [1.82, 2.24) is 4.98 Å². The molecule has 2 aromatic rings. The van der Waals surface area contributed by atoms with Crippen molar-refractivity contribution in [3.8, 4) is 0 Å². The molecule has 0 aliphatic carbocycles.